The predicted octanol–water partition coefficient (Wildman–Crippen LogP) is 1.91. The Bertz CT molecular complexity index is 445. The monoisotopic (exact) mass is 276 g/mol. The fourth-order valence-electron chi connectivity index (χ4n) is 1.49. The molecular weight excluding hydrogens is 256 g/mol. The van der Waals surface area contributed by atoms with E-state index in [1.54, 1.807) is 6.92 Å². The number of aliphatic hydroxyl groups excluding tert-OH is 1. The zero-order valence-corrected chi connectivity index (χ0v) is 11.7. The molecule has 20 heavy (non-hydrogen) atoms. The van der Waals surface area contributed by atoms with Gasteiger partial charge in [0.15, 0.2) is 0 Å². The van der Waals surface area contributed by atoms with Crippen molar-refractivity contribution in [3.05, 3.63) is 35.9 Å². The second-order valence-electron chi connectivity index (χ2n) is 4.21. The molecule has 1 aromatic carbocycles. The minimum Gasteiger partial charge on any atom is -0.456 e. The summed E-state index contributed by atoms with van der Waals surface area (Å²) in [4.78, 5) is 10.9. The first kappa shape index (κ1) is 16.2. The fourth-order valence-corrected chi connectivity index (χ4v) is 1.49. The molecule has 0 aliphatic heterocycles. The van der Waals surface area contributed by atoms with E-state index in [0.717, 1.165) is 5.56 Å². The summed E-state index contributed by atoms with van der Waals surface area (Å²) in [6.07, 6.45) is 0.144. The molecule has 0 aliphatic rings. The maximum atomic E-state index is 10.9. The Morgan fingerprint density at radius 1 is 1.35 bits per heavy atom. The molecular formula is C16H20O4. The van der Waals surface area contributed by atoms with Crippen molar-refractivity contribution in [2.45, 2.75) is 32.5 Å². The van der Waals surface area contributed by atoms with E-state index in [2.05, 4.69) is 16.6 Å². The Labute approximate surface area is 119 Å². The van der Waals surface area contributed by atoms with Gasteiger partial charge in [-0.2, -0.15) is 0 Å². The van der Waals surface area contributed by atoms with Crippen molar-refractivity contribution in [1.82, 2.24) is 0 Å². The van der Waals surface area contributed by atoms with Gasteiger partial charge in [0, 0.05) is 18.9 Å². The number of hydrogen-bond donors (Lipinski definition) is 1. The van der Waals surface area contributed by atoms with Gasteiger partial charge < -0.3 is 14.6 Å². The van der Waals surface area contributed by atoms with Gasteiger partial charge in [-0.1, -0.05) is 36.3 Å². The molecule has 0 saturated heterocycles. The molecule has 1 atom stereocenters. The standard InChI is InChI=1S/C16H20O4/c1-2-20-16(18)10-6-9-15(17)11-12-19-13-14-7-4-3-5-8-14/h3-5,7-8,15,17H,2,9,11-13H2,1H3/t15-/m0/s1. The predicted molar refractivity (Wildman–Crippen MR) is 75.7 cm³/mol. The number of benzene rings is 1. The van der Waals surface area contributed by atoms with E-state index < -0.39 is 12.1 Å². The van der Waals surface area contributed by atoms with Crippen LogP contribution >= 0.6 is 0 Å². The van der Waals surface area contributed by atoms with Gasteiger partial charge >= 0.3 is 5.97 Å². The van der Waals surface area contributed by atoms with Crippen LogP contribution in [0.3, 0.4) is 0 Å². The summed E-state index contributed by atoms with van der Waals surface area (Å²) in [6.45, 7) is 3.01. The molecule has 0 unspecified atom stereocenters. The first-order valence-corrected chi connectivity index (χ1v) is 6.67. The highest BCUT2D eigenvalue weighted by Gasteiger charge is 2.02. The molecule has 1 N–H and O–H groups in total. The van der Waals surface area contributed by atoms with Crippen molar-refractivity contribution in [2.75, 3.05) is 13.2 Å². The summed E-state index contributed by atoms with van der Waals surface area (Å²) in [5, 5.41) is 9.65. The Hall–Kier alpha value is -1.83. The molecule has 0 aliphatic carbocycles. The molecule has 0 fully saturated rings. The minimum atomic E-state index is -0.590. The number of esters is 1. The lowest BCUT2D eigenvalue weighted by molar-refractivity contribution is -0.136. The first-order chi connectivity index (χ1) is 9.72. The lowest BCUT2D eigenvalue weighted by Crippen LogP contribution is -2.10. The third-order valence-electron chi connectivity index (χ3n) is 2.51. The lowest BCUT2D eigenvalue weighted by atomic mass is 10.2. The number of rotatable bonds is 7. The van der Waals surface area contributed by atoms with E-state index in [4.69, 9.17) is 4.74 Å². The van der Waals surface area contributed by atoms with Gasteiger partial charge in [-0.3, -0.25) is 0 Å². The average Bonchev–Trinajstić information content (AvgIpc) is 2.45. The SMILES string of the molecule is CCOC(=O)C#CC[C@H](O)CCOCc1ccccc1. The van der Waals surface area contributed by atoms with Crippen molar-refractivity contribution < 1.29 is 19.4 Å². The van der Waals surface area contributed by atoms with Crippen LogP contribution in [0.25, 0.3) is 0 Å². The van der Waals surface area contributed by atoms with E-state index in [9.17, 15) is 9.90 Å². The van der Waals surface area contributed by atoms with Crippen LogP contribution in [0, 0.1) is 11.8 Å². The number of hydrogen-bond acceptors (Lipinski definition) is 4. The number of carbonyl (C=O) groups excluding carboxylic acids is 1. The molecule has 1 rings (SSSR count). The molecule has 0 bridgehead atoms. The van der Waals surface area contributed by atoms with Crippen molar-refractivity contribution >= 4 is 5.97 Å². The van der Waals surface area contributed by atoms with Crippen LogP contribution in [0.4, 0.5) is 0 Å². The molecule has 0 heterocycles. The van der Waals surface area contributed by atoms with Crippen LogP contribution < -0.4 is 0 Å². The molecule has 0 spiro atoms. The van der Waals surface area contributed by atoms with E-state index in [0.29, 0.717) is 26.2 Å². The molecule has 0 amide bonds. The van der Waals surface area contributed by atoms with Crippen LogP contribution in [-0.2, 0) is 20.9 Å². The lowest BCUT2D eigenvalue weighted by Gasteiger charge is -2.07. The highest BCUT2D eigenvalue weighted by molar-refractivity contribution is 5.88. The van der Waals surface area contributed by atoms with Crippen molar-refractivity contribution in [3.8, 4) is 11.8 Å². The zero-order chi connectivity index (χ0) is 14.6. The molecule has 0 saturated carbocycles. The molecule has 0 radical (unpaired) electrons. The van der Waals surface area contributed by atoms with Crippen molar-refractivity contribution in [2.24, 2.45) is 0 Å². The third-order valence-corrected chi connectivity index (χ3v) is 2.51. The van der Waals surface area contributed by atoms with Gasteiger partial charge in [0.1, 0.15) is 0 Å². The number of carbonyl (C=O) groups is 1. The largest absolute Gasteiger partial charge is 0.456 e. The van der Waals surface area contributed by atoms with Crippen LogP contribution in [-0.4, -0.2) is 30.4 Å². The van der Waals surface area contributed by atoms with Crippen molar-refractivity contribution in [3.63, 3.8) is 0 Å². The third kappa shape index (κ3) is 7.57. The highest BCUT2D eigenvalue weighted by Crippen LogP contribution is 2.03. The van der Waals surface area contributed by atoms with Gasteiger partial charge in [-0.05, 0) is 18.9 Å². The first-order valence-electron chi connectivity index (χ1n) is 6.67. The Kier molecular flexibility index (Phi) is 8.13. The zero-order valence-electron chi connectivity index (χ0n) is 11.7. The van der Waals surface area contributed by atoms with E-state index in [-0.39, 0.29) is 6.42 Å². The smallest absolute Gasteiger partial charge is 0.384 e. The van der Waals surface area contributed by atoms with Gasteiger partial charge in [0.05, 0.1) is 19.3 Å². The number of ether oxygens (including phenoxy) is 2. The average molecular weight is 276 g/mol. The maximum absolute atomic E-state index is 10.9. The fraction of sp³-hybridized carbons (Fsp3) is 0.438. The van der Waals surface area contributed by atoms with Gasteiger partial charge in [-0.15, -0.1) is 0 Å². The Balaban J connectivity index is 2.11. The summed E-state index contributed by atoms with van der Waals surface area (Å²) in [5.74, 6) is 4.36. The van der Waals surface area contributed by atoms with Gasteiger partial charge in [0.2, 0.25) is 0 Å². The molecule has 4 heteroatoms. The summed E-state index contributed by atoms with van der Waals surface area (Å²) in [6, 6.07) is 9.84. The van der Waals surface area contributed by atoms with Crippen LogP contribution in [0.2, 0.25) is 0 Å². The second-order valence-corrected chi connectivity index (χ2v) is 4.21. The van der Waals surface area contributed by atoms with E-state index >= 15 is 0 Å². The summed E-state index contributed by atoms with van der Waals surface area (Å²) in [7, 11) is 0. The van der Waals surface area contributed by atoms with Gasteiger partial charge in [0.25, 0.3) is 0 Å². The molecule has 108 valence electrons. The summed E-state index contributed by atoms with van der Waals surface area (Å²) >= 11 is 0. The maximum Gasteiger partial charge on any atom is 0.384 e. The van der Waals surface area contributed by atoms with E-state index in [1.807, 2.05) is 30.3 Å². The normalized spacial score (nSPS) is 11.3. The Morgan fingerprint density at radius 2 is 2.10 bits per heavy atom. The van der Waals surface area contributed by atoms with Crippen LogP contribution in [0.15, 0.2) is 30.3 Å². The minimum absolute atomic E-state index is 0.244. The Morgan fingerprint density at radius 3 is 2.80 bits per heavy atom. The summed E-state index contributed by atoms with van der Waals surface area (Å²) < 4.78 is 10.1. The molecule has 1 aromatic rings. The highest BCUT2D eigenvalue weighted by atomic mass is 16.5. The molecule has 4 nitrogen and oxygen atoms in total. The topological polar surface area (TPSA) is 55.8 Å². The molecule has 0 aromatic heterocycles. The van der Waals surface area contributed by atoms with Crippen LogP contribution in [0.1, 0.15) is 25.3 Å². The quantitative estimate of drug-likeness (QED) is 0.358. The number of aliphatic hydroxyl groups is 1. The van der Waals surface area contributed by atoms with Crippen LogP contribution in [0.5, 0.6) is 0 Å². The summed E-state index contributed by atoms with van der Waals surface area (Å²) in [5.41, 5.74) is 1.10. The van der Waals surface area contributed by atoms with Gasteiger partial charge in [-0.25, -0.2) is 4.79 Å². The van der Waals surface area contributed by atoms with E-state index in [1.165, 1.54) is 0 Å². The van der Waals surface area contributed by atoms with Crippen molar-refractivity contribution in [1.29, 1.82) is 0 Å². The second kappa shape index (κ2) is 10.0.